The van der Waals surface area contributed by atoms with E-state index in [2.05, 4.69) is 26.7 Å². The molecular weight excluding hydrogens is 156 g/mol. The highest BCUT2D eigenvalue weighted by Gasteiger charge is 1.81. The zero-order valence-corrected chi connectivity index (χ0v) is 9.31. The number of allylic oxidation sites excluding steroid dienone is 3. The second-order valence-corrected chi connectivity index (χ2v) is 3.19. The third-order valence-electron chi connectivity index (χ3n) is 1.61. The molecule has 0 radical (unpaired) electrons. The maximum atomic E-state index is 3.66. The van der Waals surface area contributed by atoms with Gasteiger partial charge >= 0.3 is 0 Å². The summed E-state index contributed by atoms with van der Waals surface area (Å²) in [6.07, 6.45) is 10.3. The molecule has 0 rings (SSSR count). The van der Waals surface area contributed by atoms with E-state index in [4.69, 9.17) is 0 Å². The van der Waals surface area contributed by atoms with E-state index >= 15 is 0 Å². The standard InChI is InChI=1S/C8H16.C5H8/c1-3-5-7-8-6-4-2;1-4-5(2)3/h3H,1,4-8H2,2H3;4H,1-2H2,3H3. The smallest absolute Gasteiger partial charge is 0.0353 e. The van der Waals surface area contributed by atoms with E-state index in [-0.39, 0.29) is 0 Å². The summed E-state index contributed by atoms with van der Waals surface area (Å²) in [6, 6.07) is 0. The van der Waals surface area contributed by atoms with Crippen molar-refractivity contribution in [3.8, 4) is 0 Å². The first-order valence-electron chi connectivity index (χ1n) is 5.07. The second kappa shape index (κ2) is 13.8. The van der Waals surface area contributed by atoms with Crippen LogP contribution in [0.25, 0.3) is 0 Å². The molecule has 13 heavy (non-hydrogen) atoms. The van der Waals surface area contributed by atoms with E-state index in [0.717, 1.165) is 5.57 Å². The number of unbranched alkanes of at least 4 members (excludes halogenated alkanes) is 4. The molecule has 0 nitrogen and oxygen atoms in total. The highest BCUT2D eigenvalue weighted by Crippen LogP contribution is 2.01. The Morgan fingerprint density at radius 2 is 1.69 bits per heavy atom. The first-order valence-corrected chi connectivity index (χ1v) is 5.07. The summed E-state index contributed by atoms with van der Waals surface area (Å²) in [5, 5.41) is 0. The van der Waals surface area contributed by atoms with Gasteiger partial charge in [0.05, 0.1) is 0 Å². The summed E-state index contributed by atoms with van der Waals surface area (Å²) in [4.78, 5) is 0. The van der Waals surface area contributed by atoms with Crippen LogP contribution in [0.5, 0.6) is 0 Å². The Balaban J connectivity index is 0. The highest BCUT2D eigenvalue weighted by atomic mass is 13.9. The zero-order chi connectivity index (χ0) is 10.5. The van der Waals surface area contributed by atoms with Crippen molar-refractivity contribution in [3.05, 3.63) is 37.5 Å². The molecule has 0 aliphatic carbocycles. The minimum Gasteiger partial charge on any atom is -0.103 e. The molecule has 0 saturated carbocycles. The van der Waals surface area contributed by atoms with Gasteiger partial charge in [-0.3, -0.25) is 0 Å². The van der Waals surface area contributed by atoms with Gasteiger partial charge in [0, 0.05) is 0 Å². The van der Waals surface area contributed by atoms with Crippen molar-refractivity contribution in [2.45, 2.75) is 46.0 Å². The largest absolute Gasteiger partial charge is 0.103 e. The Kier molecular flexibility index (Phi) is 15.6. The second-order valence-electron chi connectivity index (χ2n) is 3.19. The van der Waals surface area contributed by atoms with Crippen molar-refractivity contribution < 1.29 is 0 Å². The quantitative estimate of drug-likeness (QED) is 0.310. The Morgan fingerprint density at radius 3 is 2.00 bits per heavy atom. The van der Waals surface area contributed by atoms with Crippen molar-refractivity contribution in [1.29, 1.82) is 0 Å². The van der Waals surface area contributed by atoms with Gasteiger partial charge < -0.3 is 0 Å². The van der Waals surface area contributed by atoms with Gasteiger partial charge in [-0.25, -0.2) is 0 Å². The monoisotopic (exact) mass is 180 g/mol. The van der Waals surface area contributed by atoms with Crippen LogP contribution in [0, 0.1) is 0 Å². The highest BCUT2D eigenvalue weighted by molar-refractivity contribution is 5.05. The van der Waals surface area contributed by atoms with Crippen LogP contribution in [-0.4, -0.2) is 0 Å². The summed E-state index contributed by atoms with van der Waals surface area (Å²) in [5.41, 5.74) is 1.02. The predicted octanol–water partition coefficient (Wildman–Crippen LogP) is 4.89. The summed E-state index contributed by atoms with van der Waals surface area (Å²) in [5.74, 6) is 0. The average Bonchev–Trinajstić information content (AvgIpc) is 2.14. The molecule has 0 spiro atoms. The fourth-order valence-electron chi connectivity index (χ4n) is 0.715. The lowest BCUT2D eigenvalue weighted by Gasteiger charge is -1.91. The van der Waals surface area contributed by atoms with Crippen molar-refractivity contribution in [1.82, 2.24) is 0 Å². The average molecular weight is 180 g/mol. The van der Waals surface area contributed by atoms with Gasteiger partial charge in [-0.2, -0.15) is 0 Å². The van der Waals surface area contributed by atoms with Crippen LogP contribution in [0.15, 0.2) is 37.5 Å². The molecule has 0 N–H and O–H groups in total. The number of hydrogen-bond donors (Lipinski definition) is 0. The molecule has 0 amide bonds. The van der Waals surface area contributed by atoms with E-state index < -0.39 is 0 Å². The van der Waals surface area contributed by atoms with Crippen molar-refractivity contribution in [2.24, 2.45) is 0 Å². The van der Waals surface area contributed by atoms with Crippen molar-refractivity contribution in [2.75, 3.05) is 0 Å². The van der Waals surface area contributed by atoms with E-state index in [9.17, 15) is 0 Å². The van der Waals surface area contributed by atoms with Crippen LogP contribution in [0.4, 0.5) is 0 Å². The molecule has 0 heteroatoms. The fourth-order valence-corrected chi connectivity index (χ4v) is 0.715. The molecule has 0 aromatic rings. The topological polar surface area (TPSA) is 0 Å². The lowest BCUT2D eigenvalue weighted by atomic mass is 10.2. The molecule has 0 aliphatic heterocycles. The van der Waals surface area contributed by atoms with Crippen molar-refractivity contribution >= 4 is 0 Å². The molecular formula is C13H24. The minimum atomic E-state index is 1.02. The molecule has 76 valence electrons. The van der Waals surface area contributed by atoms with Gasteiger partial charge in [0.1, 0.15) is 0 Å². The molecule has 0 bridgehead atoms. The minimum absolute atomic E-state index is 1.02. The molecule has 0 aliphatic rings. The lowest BCUT2D eigenvalue weighted by molar-refractivity contribution is 0.675. The van der Waals surface area contributed by atoms with Crippen molar-refractivity contribution in [3.63, 3.8) is 0 Å². The van der Waals surface area contributed by atoms with Gasteiger partial charge in [0.25, 0.3) is 0 Å². The third kappa shape index (κ3) is 24.7. The molecule has 0 aromatic carbocycles. The molecule has 0 atom stereocenters. The maximum Gasteiger partial charge on any atom is -0.0353 e. The predicted molar refractivity (Wildman–Crippen MR) is 64.0 cm³/mol. The van der Waals surface area contributed by atoms with Crippen LogP contribution >= 0.6 is 0 Å². The first kappa shape index (κ1) is 14.7. The molecule has 0 heterocycles. The molecule has 0 aromatic heterocycles. The van der Waals surface area contributed by atoms with Gasteiger partial charge in [-0.1, -0.05) is 57.1 Å². The summed E-state index contributed by atoms with van der Waals surface area (Å²) >= 11 is 0. The van der Waals surface area contributed by atoms with Crippen LogP contribution in [0.1, 0.15) is 46.0 Å². The Labute approximate surface area is 84.1 Å². The van der Waals surface area contributed by atoms with Gasteiger partial charge in [0.15, 0.2) is 0 Å². The van der Waals surface area contributed by atoms with Crippen LogP contribution in [0.3, 0.4) is 0 Å². The van der Waals surface area contributed by atoms with E-state index in [1.54, 1.807) is 6.08 Å². The number of hydrogen-bond acceptors (Lipinski definition) is 0. The normalized spacial score (nSPS) is 8.15. The third-order valence-corrected chi connectivity index (χ3v) is 1.61. The van der Waals surface area contributed by atoms with Gasteiger partial charge in [-0.05, 0) is 19.8 Å². The lowest BCUT2D eigenvalue weighted by Crippen LogP contribution is -1.71. The summed E-state index contributed by atoms with van der Waals surface area (Å²) in [7, 11) is 0. The number of rotatable bonds is 6. The van der Waals surface area contributed by atoms with Gasteiger partial charge in [0.2, 0.25) is 0 Å². The van der Waals surface area contributed by atoms with Crippen LogP contribution in [0.2, 0.25) is 0 Å². The van der Waals surface area contributed by atoms with Gasteiger partial charge in [-0.15, -0.1) is 6.58 Å². The maximum absolute atomic E-state index is 3.66. The van der Waals surface area contributed by atoms with E-state index in [1.165, 1.54) is 32.1 Å². The Morgan fingerprint density at radius 1 is 1.15 bits per heavy atom. The summed E-state index contributed by atoms with van der Waals surface area (Å²) in [6.45, 7) is 14.8. The Hall–Kier alpha value is -0.780. The summed E-state index contributed by atoms with van der Waals surface area (Å²) < 4.78 is 0. The van der Waals surface area contributed by atoms with Crippen LogP contribution < -0.4 is 0 Å². The van der Waals surface area contributed by atoms with Crippen LogP contribution in [-0.2, 0) is 0 Å². The fraction of sp³-hybridized carbons (Fsp3) is 0.538. The molecule has 0 fully saturated rings. The molecule has 0 saturated heterocycles. The SMILES string of the molecule is C=CC(=C)C.C=CCCCCCC. The molecule has 0 unspecified atom stereocenters. The Bertz CT molecular complexity index is 131. The first-order chi connectivity index (χ1) is 6.18. The zero-order valence-electron chi connectivity index (χ0n) is 9.31. The van der Waals surface area contributed by atoms with E-state index in [0.29, 0.717) is 0 Å². The van der Waals surface area contributed by atoms with E-state index in [1.807, 2.05) is 13.0 Å².